The average molecular weight is 761 g/mol. The van der Waals surface area contributed by atoms with Crippen molar-refractivity contribution in [2.45, 2.75) is 5.16 Å². The summed E-state index contributed by atoms with van der Waals surface area (Å²) in [6, 6.07) is 18.0. The normalized spacial score (nSPS) is 11.3. The number of benzene rings is 3. The third-order valence-corrected chi connectivity index (χ3v) is 7.53. The fraction of sp³-hybridized carbons (Fsp3) is 0.0435. The van der Waals surface area contributed by atoms with Gasteiger partial charge in [-0.2, -0.15) is 5.10 Å². The van der Waals surface area contributed by atoms with Gasteiger partial charge in [-0.1, -0.05) is 39.8 Å². The van der Waals surface area contributed by atoms with Crippen LogP contribution in [0.1, 0.15) is 5.56 Å². The molecule has 0 saturated carbocycles. The lowest BCUT2D eigenvalue weighted by Crippen LogP contribution is -2.24. The van der Waals surface area contributed by atoms with Crippen molar-refractivity contribution in [2.75, 3.05) is 5.75 Å². The van der Waals surface area contributed by atoms with Crippen LogP contribution in [0.3, 0.4) is 0 Å². The number of rotatable bonds is 6. The molecule has 0 unspecified atom stereocenters. The maximum Gasteiger partial charge on any atom is 0.266 e. The molecule has 7 nitrogen and oxygen atoms in total. The molecule has 4 rings (SSSR count). The van der Waals surface area contributed by atoms with Crippen LogP contribution in [0.5, 0.6) is 5.75 Å². The van der Waals surface area contributed by atoms with E-state index in [4.69, 9.17) is 0 Å². The third kappa shape index (κ3) is 5.80. The standard InChI is InChI=1S/C23H15BrI2N4O3S/c24-14-5-7-16(8-6-14)30-22(33)17-3-1-2-4-19(17)28-23(30)34-12-20(31)29-27-11-13-9-15(25)10-18(26)21(13)32/h1-11,32H,12H2,(H,29,31)/b27-11+. The van der Waals surface area contributed by atoms with Gasteiger partial charge < -0.3 is 5.11 Å². The van der Waals surface area contributed by atoms with Crippen LogP contribution in [-0.4, -0.2) is 32.5 Å². The number of nitrogens with zero attached hydrogens (tertiary/aromatic N) is 3. The predicted octanol–water partition coefficient (Wildman–Crippen LogP) is 5.31. The van der Waals surface area contributed by atoms with E-state index in [2.05, 4.69) is 54.0 Å². The van der Waals surface area contributed by atoms with Crippen molar-refractivity contribution >= 4 is 95.9 Å². The van der Waals surface area contributed by atoms with Crippen LogP contribution >= 0.6 is 72.9 Å². The molecule has 0 bridgehead atoms. The van der Waals surface area contributed by atoms with Gasteiger partial charge in [-0.3, -0.25) is 14.2 Å². The molecule has 1 amide bonds. The molecular formula is C23H15BrI2N4O3S. The summed E-state index contributed by atoms with van der Waals surface area (Å²) in [5.74, 6) is -0.271. The van der Waals surface area contributed by atoms with Gasteiger partial charge >= 0.3 is 0 Å². The van der Waals surface area contributed by atoms with E-state index in [1.165, 1.54) is 10.8 Å². The van der Waals surface area contributed by atoms with E-state index >= 15 is 0 Å². The minimum absolute atomic E-state index is 0.00547. The molecule has 3 aromatic carbocycles. The number of phenols is 1. The summed E-state index contributed by atoms with van der Waals surface area (Å²) in [7, 11) is 0. The molecule has 0 spiro atoms. The Morgan fingerprint density at radius 2 is 1.91 bits per heavy atom. The number of fused-ring (bicyclic) bond motifs is 1. The number of carbonyl (C=O) groups excluding carboxylic acids is 1. The van der Waals surface area contributed by atoms with E-state index in [1.54, 1.807) is 24.3 Å². The van der Waals surface area contributed by atoms with Gasteiger partial charge in [0.15, 0.2) is 5.16 Å². The maximum atomic E-state index is 13.2. The number of nitrogens with one attached hydrogen (secondary N) is 1. The number of hydrazone groups is 1. The van der Waals surface area contributed by atoms with Crippen LogP contribution < -0.4 is 11.0 Å². The molecule has 0 fully saturated rings. The Bertz CT molecular complexity index is 1480. The van der Waals surface area contributed by atoms with Crippen molar-refractivity contribution in [2.24, 2.45) is 5.10 Å². The van der Waals surface area contributed by atoms with Crippen molar-refractivity contribution in [3.8, 4) is 11.4 Å². The van der Waals surface area contributed by atoms with Crippen LogP contribution in [0.15, 0.2) is 80.2 Å². The molecule has 34 heavy (non-hydrogen) atoms. The van der Waals surface area contributed by atoms with Gasteiger partial charge in [-0.05, 0) is 93.7 Å². The highest BCUT2D eigenvalue weighted by Crippen LogP contribution is 2.26. The number of thioether (sulfide) groups is 1. The van der Waals surface area contributed by atoms with Crippen LogP contribution in [0, 0.1) is 7.14 Å². The number of hydrogen-bond acceptors (Lipinski definition) is 6. The van der Waals surface area contributed by atoms with E-state index in [9.17, 15) is 14.7 Å². The van der Waals surface area contributed by atoms with Gasteiger partial charge in [-0.25, -0.2) is 10.4 Å². The summed E-state index contributed by atoms with van der Waals surface area (Å²) >= 11 is 8.73. The Hall–Kier alpha value is -1.97. The van der Waals surface area contributed by atoms with Crippen LogP contribution in [-0.2, 0) is 4.79 Å². The summed E-state index contributed by atoms with van der Waals surface area (Å²) in [5, 5.41) is 15.0. The molecule has 1 aromatic heterocycles. The summed E-state index contributed by atoms with van der Waals surface area (Å²) in [6.07, 6.45) is 1.40. The second-order valence-electron chi connectivity index (χ2n) is 6.94. The Morgan fingerprint density at radius 3 is 2.68 bits per heavy atom. The molecule has 172 valence electrons. The summed E-state index contributed by atoms with van der Waals surface area (Å²) < 4.78 is 4.03. The zero-order chi connectivity index (χ0) is 24.2. The first-order chi connectivity index (χ1) is 16.3. The van der Waals surface area contributed by atoms with Crippen LogP contribution in [0.2, 0.25) is 0 Å². The number of aromatic hydroxyl groups is 1. The van der Waals surface area contributed by atoms with Crippen molar-refractivity contribution in [1.82, 2.24) is 15.0 Å². The largest absolute Gasteiger partial charge is 0.506 e. The zero-order valence-corrected chi connectivity index (χ0v) is 23.9. The van der Waals surface area contributed by atoms with Crippen molar-refractivity contribution < 1.29 is 9.90 Å². The van der Waals surface area contributed by atoms with E-state index in [1.807, 2.05) is 59.0 Å². The van der Waals surface area contributed by atoms with Crippen LogP contribution in [0.4, 0.5) is 0 Å². The lowest BCUT2D eigenvalue weighted by Gasteiger charge is -2.13. The first-order valence-electron chi connectivity index (χ1n) is 9.74. The highest BCUT2D eigenvalue weighted by Gasteiger charge is 2.15. The van der Waals surface area contributed by atoms with E-state index < -0.39 is 0 Å². The summed E-state index contributed by atoms with van der Waals surface area (Å²) in [6.45, 7) is 0. The molecule has 1 heterocycles. The molecule has 2 N–H and O–H groups in total. The van der Waals surface area contributed by atoms with Gasteiger partial charge in [0.2, 0.25) is 0 Å². The minimum atomic E-state index is -0.370. The van der Waals surface area contributed by atoms with Gasteiger partial charge in [0, 0.05) is 13.6 Å². The third-order valence-electron chi connectivity index (χ3n) is 4.61. The first-order valence-corrected chi connectivity index (χ1v) is 13.7. The molecule has 0 radical (unpaired) electrons. The lowest BCUT2D eigenvalue weighted by atomic mass is 10.2. The number of aromatic nitrogens is 2. The Kier molecular flexibility index (Phi) is 8.26. The molecule has 0 aliphatic rings. The molecular weight excluding hydrogens is 746 g/mol. The smallest absolute Gasteiger partial charge is 0.266 e. The van der Waals surface area contributed by atoms with Gasteiger partial charge in [0.05, 0.1) is 32.1 Å². The average Bonchev–Trinajstić information content (AvgIpc) is 2.82. The molecule has 0 atom stereocenters. The molecule has 0 saturated heterocycles. The number of carbonyl (C=O) groups is 1. The second-order valence-corrected chi connectivity index (χ2v) is 11.2. The van der Waals surface area contributed by atoms with E-state index in [-0.39, 0.29) is 23.0 Å². The molecule has 4 aromatic rings. The number of amides is 1. The summed E-state index contributed by atoms with van der Waals surface area (Å²) in [5.41, 5.74) is 3.96. The van der Waals surface area contributed by atoms with Crippen molar-refractivity contribution in [3.63, 3.8) is 0 Å². The first kappa shape index (κ1) is 25.1. The fourth-order valence-corrected chi connectivity index (χ4v) is 6.01. The second kappa shape index (κ2) is 11.2. The molecule has 0 aliphatic carbocycles. The molecule has 0 aliphatic heterocycles. The highest BCUT2D eigenvalue weighted by molar-refractivity contribution is 14.1. The number of phenolic OH excluding ortho intramolecular Hbond substituents is 1. The summed E-state index contributed by atoms with van der Waals surface area (Å²) in [4.78, 5) is 30.3. The quantitative estimate of drug-likeness (QED) is 0.0915. The zero-order valence-electron chi connectivity index (χ0n) is 17.2. The minimum Gasteiger partial charge on any atom is -0.506 e. The topological polar surface area (TPSA) is 96.6 Å². The maximum absolute atomic E-state index is 13.2. The Labute approximate surface area is 234 Å². The highest BCUT2D eigenvalue weighted by atomic mass is 127. The van der Waals surface area contributed by atoms with Crippen LogP contribution in [0.25, 0.3) is 16.6 Å². The van der Waals surface area contributed by atoms with Gasteiger partial charge in [-0.15, -0.1) is 0 Å². The fourth-order valence-electron chi connectivity index (χ4n) is 3.05. The number of hydrogen-bond donors (Lipinski definition) is 2. The monoisotopic (exact) mass is 760 g/mol. The Morgan fingerprint density at radius 1 is 1.18 bits per heavy atom. The Balaban J connectivity index is 1.56. The lowest BCUT2D eigenvalue weighted by molar-refractivity contribution is -0.118. The van der Waals surface area contributed by atoms with Gasteiger partial charge in [0.1, 0.15) is 5.75 Å². The van der Waals surface area contributed by atoms with E-state index in [0.29, 0.717) is 30.9 Å². The van der Waals surface area contributed by atoms with Crippen molar-refractivity contribution in [3.05, 3.63) is 88.2 Å². The predicted molar refractivity (Wildman–Crippen MR) is 155 cm³/mol. The number of halogens is 3. The van der Waals surface area contributed by atoms with Gasteiger partial charge in [0.25, 0.3) is 11.5 Å². The van der Waals surface area contributed by atoms with Crippen molar-refractivity contribution in [1.29, 1.82) is 0 Å². The van der Waals surface area contributed by atoms with E-state index in [0.717, 1.165) is 19.8 Å². The SMILES string of the molecule is O=C(CSc1nc2ccccc2c(=O)n1-c1ccc(Br)cc1)N/N=C/c1cc(I)cc(I)c1O. The molecule has 11 heteroatoms. The number of para-hydroxylation sites is 1.